The number of hydrogen-bond acceptors (Lipinski definition) is 1. The van der Waals surface area contributed by atoms with Gasteiger partial charge in [0.25, 0.3) is 0 Å². The van der Waals surface area contributed by atoms with Gasteiger partial charge in [0.05, 0.1) is 20.6 Å². The second kappa shape index (κ2) is 4.40. The maximum Gasteiger partial charge on any atom is 0.0921 e. The van der Waals surface area contributed by atoms with Crippen LogP contribution in [-0.4, -0.2) is 4.98 Å². The van der Waals surface area contributed by atoms with Crippen molar-refractivity contribution in [3.05, 3.63) is 39.0 Å². The maximum atomic E-state index is 6.20. The first-order valence-electron chi connectivity index (χ1n) is 4.95. The van der Waals surface area contributed by atoms with E-state index in [-0.39, 0.29) is 0 Å². The van der Waals surface area contributed by atoms with Gasteiger partial charge in [-0.25, -0.2) is 0 Å². The van der Waals surface area contributed by atoms with Crippen molar-refractivity contribution in [3.63, 3.8) is 0 Å². The lowest BCUT2D eigenvalue weighted by Crippen LogP contribution is -1.94. The van der Waals surface area contributed by atoms with Gasteiger partial charge in [-0.2, -0.15) is 0 Å². The summed E-state index contributed by atoms with van der Waals surface area (Å²) in [6.07, 6.45) is 0. The number of rotatable bonds is 1. The summed E-state index contributed by atoms with van der Waals surface area (Å²) < 4.78 is 0. The van der Waals surface area contributed by atoms with E-state index in [1.165, 1.54) is 0 Å². The molecule has 0 fully saturated rings. The summed E-state index contributed by atoms with van der Waals surface area (Å²) >= 11 is 18.4. The Bertz CT molecular complexity index is 549. The van der Waals surface area contributed by atoms with Gasteiger partial charge >= 0.3 is 0 Å². The summed E-state index contributed by atoms with van der Waals surface area (Å²) in [7, 11) is 0. The molecule has 0 N–H and O–H groups in total. The number of fused-ring (bicyclic) bond motifs is 1. The Morgan fingerprint density at radius 1 is 1.00 bits per heavy atom. The first-order chi connectivity index (χ1) is 7.50. The molecule has 0 radical (unpaired) electrons. The number of pyridine rings is 1. The molecule has 16 heavy (non-hydrogen) atoms. The van der Waals surface area contributed by atoms with E-state index in [1.807, 2.05) is 6.07 Å². The van der Waals surface area contributed by atoms with Gasteiger partial charge in [0.2, 0.25) is 0 Å². The van der Waals surface area contributed by atoms with E-state index in [0.29, 0.717) is 26.5 Å². The van der Waals surface area contributed by atoms with Crippen molar-refractivity contribution in [2.24, 2.45) is 0 Å². The molecule has 0 bridgehead atoms. The van der Waals surface area contributed by atoms with Gasteiger partial charge in [0.15, 0.2) is 0 Å². The van der Waals surface area contributed by atoms with E-state index in [4.69, 9.17) is 34.8 Å². The fourth-order valence-electron chi connectivity index (χ4n) is 1.54. The van der Waals surface area contributed by atoms with Crippen LogP contribution >= 0.6 is 34.8 Å². The SMILES string of the molecule is CC(C)c1cc(Cl)c2c(Cl)ccc(Cl)c2n1. The standard InChI is InChI=1S/C12H10Cl3N/c1-6(2)10-5-9(15)11-7(13)3-4-8(14)12(11)16-10/h3-6H,1-2H3. The summed E-state index contributed by atoms with van der Waals surface area (Å²) in [5, 5.41) is 2.47. The van der Waals surface area contributed by atoms with Gasteiger partial charge in [-0.05, 0) is 24.1 Å². The molecule has 1 aromatic heterocycles. The fraction of sp³-hybridized carbons (Fsp3) is 0.250. The highest BCUT2D eigenvalue weighted by atomic mass is 35.5. The van der Waals surface area contributed by atoms with Crippen LogP contribution in [0.3, 0.4) is 0 Å². The van der Waals surface area contributed by atoms with Crippen LogP contribution < -0.4 is 0 Å². The molecule has 0 spiro atoms. The predicted octanol–water partition coefficient (Wildman–Crippen LogP) is 5.32. The summed E-state index contributed by atoms with van der Waals surface area (Å²) in [6.45, 7) is 4.12. The minimum Gasteiger partial charge on any atom is -0.251 e. The van der Waals surface area contributed by atoms with Crippen molar-refractivity contribution in [1.29, 1.82) is 0 Å². The molecule has 0 saturated heterocycles. The second-order valence-corrected chi connectivity index (χ2v) is 5.16. The normalized spacial score (nSPS) is 11.4. The third-order valence-electron chi connectivity index (χ3n) is 2.42. The number of hydrogen-bond donors (Lipinski definition) is 0. The lowest BCUT2D eigenvalue weighted by Gasteiger charge is -2.10. The summed E-state index contributed by atoms with van der Waals surface area (Å²) in [5.41, 5.74) is 1.59. The van der Waals surface area contributed by atoms with E-state index in [2.05, 4.69) is 18.8 Å². The molecule has 84 valence electrons. The molecule has 1 aromatic carbocycles. The van der Waals surface area contributed by atoms with Gasteiger partial charge in [0.1, 0.15) is 0 Å². The predicted molar refractivity (Wildman–Crippen MR) is 70.9 cm³/mol. The minimum absolute atomic E-state index is 0.303. The molecule has 1 heterocycles. The van der Waals surface area contributed by atoms with Crippen molar-refractivity contribution in [2.75, 3.05) is 0 Å². The summed E-state index contributed by atoms with van der Waals surface area (Å²) in [6, 6.07) is 5.31. The van der Waals surface area contributed by atoms with Crippen molar-refractivity contribution < 1.29 is 0 Å². The number of aromatic nitrogens is 1. The number of nitrogens with zero attached hydrogens (tertiary/aromatic N) is 1. The van der Waals surface area contributed by atoms with Crippen molar-refractivity contribution >= 4 is 45.7 Å². The van der Waals surface area contributed by atoms with Gasteiger partial charge < -0.3 is 0 Å². The zero-order chi connectivity index (χ0) is 11.9. The molecule has 4 heteroatoms. The highest BCUT2D eigenvalue weighted by Gasteiger charge is 2.12. The molecule has 0 unspecified atom stereocenters. The van der Waals surface area contributed by atoms with E-state index in [0.717, 1.165) is 11.1 Å². The summed E-state index contributed by atoms with van der Waals surface area (Å²) in [4.78, 5) is 4.50. The Morgan fingerprint density at radius 3 is 2.25 bits per heavy atom. The lowest BCUT2D eigenvalue weighted by atomic mass is 10.1. The number of benzene rings is 1. The van der Waals surface area contributed by atoms with Crippen molar-refractivity contribution in [3.8, 4) is 0 Å². The molecular formula is C12H10Cl3N. The molecule has 0 aliphatic rings. The topological polar surface area (TPSA) is 12.9 Å². The van der Waals surface area contributed by atoms with Crippen LogP contribution in [-0.2, 0) is 0 Å². The Hall–Kier alpha value is -0.500. The second-order valence-electron chi connectivity index (χ2n) is 3.94. The lowest BCUT2D eigenvalue weighted by molar-refractivity contribution is 0.830. The van der Waals surface area contributed by atoms with Crippen LogP contribution in [0.2, 0.25) is 15.1 Å². The highest BCUT2D eigenvalue weighted by molar-refractivity contribution is 6.44. The van der Waals surface area contributed by atoms with Crippen LogP contribution in [0.15, 0.2) is 18.2 Å². The third kappa shape index (κ3) is 2.00. The highest BCUT2D eigenvalue weighted by Crippen LogP contribution is 2.35. The van der Waals surface area contributed by atoms with Crippen LogP contribution in [0.5, 0.6) is 0 Å². The van der Waals surface area contributed by atoms with E-state index < -0.39 is 0 Å². The Kier molecular flexibility index (Phi) is 3.29. The number of halogens is 3. The molecule has 0 atom stereocenters. The molecule has 2 rings (SSSR count). The Morgan fingerprint density at radius 2 is 1.62 bits per heavy atom. The maximum absolute atomic E-state index is 6.20. The smallest absolute Gasteiger partial charge is 0.0921 e. The molecule has 0 saturated carbocycles. The molecule has 0 aliphatic heterocycles. The molecule has 0 amide bonds. The van der Waals surface area contributed by atoms with Gasteiger partial charge in [-0.3, -0.25) is 4.98 Å². The van der Waals surface area contributed by atoms with Crippen molar-refractivity contribution in [1.82, 2.24) is 4.98 Å². The van der Waals surface area contributed by atoms with Crippen molar-refractivity contribution in [2.45, 2.75) is 19.8 Å². The summed E-state index contributed by atoms with van der Waals surface area (Å²) in [5.74, 6) is 0.303. The van der Waals surface area contributed by atoms with Crippen LogP contribution in [0, 0.1) is 0 Å². The molecular weight excluding hydrogens is 264 g/mol. The zero-order valence-corrected chi connectivity index (χ0v) is 11.2. The first-order valence-corrected chi connectivity index (χ1v) is 6.08. The average Bonchev–Trinajstić information content (AvgIpc) is 2.22. The monoisotopic (exact) mass is 273 g/mol. The van der Waals surface area contributed by atoms with Gasteiger partial charge in [0, 0.05) is 11.1 Å². The largest absolute Gasteiger partial charge is 0.251 e. The minimum atomic E-state index is 0.303. The molecule has 2 aromatic rings. The third-order valence-corrected chi connectivity index (χ3v) is 3.34. The zero-order valence-electron chi connectivity index (χ0n) is 8.89. The van der Waals surface area contributed by atoms with E-state index >= 15 is 0 Å². The molecule has 1 nitrogen and oxygen atoms in total. The van der Waals surface area contributed by atoms with Gasteiger partial charge in [-0.1, -0.05) is 48.7 Å². The first kappa shape index (κ1) is 12.0. The van der Waals surface area contributed by atoms with Crippen LogP contribution in [0.1, 0.15) is 25.5 Å². The quantitative estimate of drug-likeness (QED) is 0.686. The van der Waals surface area contributed by atoms with Gasteiger partial charge in [-0.15, -0.1) is 0 Å². The Balaban J connectivity index is 2.86. The van der Waals surface area contributed by atoms with Crippen LogP contribution in [0.4, 0.5) is 0 Å². The van der Waals surface area contributed by atoms with E-state index in [1.54, 1.807) is 12.1 Å². The van der Waals surface area contributed by atoms with E-state index in [9.17, 15) is 0 Å². The Labute approximate surface area is 109 Å². The molecule has 0 aliphatic carbocycles. The average molecular weight is 275 g/mol. The van der Waals surface area contributed by atoms with Crippen LogP contribution in [0.25, 0.3) is 10.9 Å². The fourth-order valence-corrected chi connectivity index (χ4v) is 2.34.